The highest BCUT2D eigenvalue weighted by Crippen LogP contribution is 2.28. The van der Waals surface area contributed by atoms with Crippen molar-refractivity contribution in [3.05, 3.63) is 28.3 Å². The molecule has 0 fully saturated rings. The van der Waals surface area contributed by atoms with Crippen LogP contribution >= 0.6 is 11.6 Å². The molecule has 1 rings (SSSR count). The Kier molecular flexibility index (Phi) is 4.12. The van der Waals surface area contributed by atoms with E-state index in [9.17, 15) is 4.79 Å². The summed E-state index contributed by atoms with van der Waals surface area (Å²) in [6, 6.07) is 3.39. The third-order valence-electron chi connectivity index (χ3n) is 2.17. The minimum absolute atomic E-state index is 0.0185. The summed E-state index contributed by atoms with van der Waals surface area (Å²) in [6.07, 6.45) is 0.339. The van der Waals surface area contributed by atoms with Crippen molar-refractivity contribution in [3.63, 3.8) is 0 Å². The Hall–Kier alpha value is -1.06. The minimum atomic E-state index is 0.0185. The highest BCUT2D eigenvalue weighted by atomic mass is 35.5. The van der Waals surface area contributed by atoms with Gasteiger partial charge < -0.3 is 10.5 Å². The fourth-order valence-electron chi connectivity index (χ4n) is 1.38. The molecule has 0 aliphatic heterocycles. The SMILES string of the molecule is COc1cc(C(=O)CCN)c(C)cc1Cl. The van der Waals surface area contributed by atoms with Crippen molar-refractivity contribution in [1.29, 1.82) is 0 Å². The second-order valence-electron chi connectivity index (χ2n) is 3.26. The molecule has 0 aliphatic rings. The Morgan fingerprint density at radius 2 is 2.20 bits per heavy atom. The molecule has 82 valence electrons. The van der Waals surface area contributed by atoms with Crippen LogP contribution < -0.4 is 10.5 Å². The van der Waals surface area contributed by atoms with Gasteiger partial charge in [0.05, 0.1) is 12.1 Å². The van der Waals surface area contributed by atoms with Crippen molar-refractivity contribution < 1.29 is 9.53 Å². The second-order valence-corrected chi connectivity index (χ2v) is 3.67. The van der Waals surface area contributed by atoms with E-state index < -0.39 is 0 Å². The van der Waals surface area contributed by atoms with Gasteiger partial charge >= 0.3 is 0 Å². The minimum Gasteiger partial charge on any atom is -0.495 e. The topological polar surface area (TPSA) is 52.3 Å². The van der Waals surface area contributed by atoms with Crippen molar-refractivity contribution in [3.8, 4) is 5.75 Å². The second kappa shape index (κ2) is 5.14. The maximum atomic E-state index is 11.7. The number of carbonyl (C=O) groups excluding carboxylic acids is 1. The van der Waals surface area contributed by atoms with E-state index in [4.69, 9.17) is 22.1 Å². The molecule has 3 nitrogen and oxygen atoms in total. The van der Waals surface area contributed by atoms with Gasteiger partial charge in [0.15, 0.2) is 5.78 Å². The molecular weight excluding hydrogens is 214 g/mol. The maximum absolute atomic E-state index is 11.7. The molecule has 2 N–H and O–H groups in total. The molecule has 0 saturated heterocycles. The molecule has 0 aliphatic carbocycles. The van der Waals surface area contributed by atoms with Crippen LogP contribution in [0.4, 0.5) is 0 Å². The molecule has 0 unspecified atom stereocenters. The molecule has 15 heavy (non-hydrogen) atoms. The van der Waals surface area contributed by atoms with E-state index in [1.807, 2.05) is 6.92 Å². The van der Waals surface area contributed by atoms with E-state index in [1.54, 1.807) is 12.1 Å². The molecule has 0 saturated carbocycles. The summed E-state index contributed by atoms with van der Waals surface area (Å²) in [7, 11) is 1.52. The van der Waals surface area contributed by atoms with Gasteiger partial charge in [-0.05, 0) is 31.2 Å². The molecule has 0 amide bonds. The van der Waals surface area contributed by atoms with Gasteiger partial charge in [0.25, 0.3) is 0 Å². The smallest absolute Gasteiger partial charge is 0.164 e. The van der Waals surface area contributed by atoms with E-state index in [1.165, 1.54) is 7.11 Å². The van der Waals surface area contributed by atoms with Crippen LogP contribution in [0.2, 0.25) is 5.02 Å². The lowest BCUT2D eigenvalue weighted by Crippen LogP contribution is -2.09. The van der Waals surface area contributed by atoms with E-state index in [2.05, 4.69) is 0 Å². The van der Waals surface area contributed by atoms with E-state index >= 15 is 0 Å². The third-order valence-corrected chi connectivity index (χ3v) is 2.47. The van der Waals surface area contributed by atoms with E-state index in [0.29, 0.717) is 29.3 Å². The summed E-state index contributed by atoms with van der Waals surface area (Å²) in [5, 5.41) is 0.513. The lowest BCUT2D eigenvalue weighted by atomic mass is 10.0. The Bertz CT molecular complexity index is 377. The fourth-order valence-corrected chi connectivity index (χ4v) is 1.67. The Labute approximate surface area is 94.2 Å². The first-order valence-corrected chi connectivity index (χ1v) is 5.05. The van der Waals surface area contributed by atoms with Gasteiger partial charge in [-0.15, -0.1) is 0 Å². The summed E-state index contributed by atoms with van der Waals surface area (Å²) in [5.41, 5.74) is 6.81. The van der Waals surface area contributed by atoms with Crippen molar-refractivity contribution in [2.75, 3.05) is 13.7 Å². The monoisotopic (exact) mass is 227 g/mol. The number of Topliss-reactive ketones (excluding diaryl/α,β-unsaturated/α-hetero) is 1. The van der Waals surface area contributed by atoms with Crippen molar-refractivity contribution >= 4 is 17.4 Å². The molecule has 0 bridgehead atoms. The standard InChI is InChI=1S/C11H14ClNO2/c1-7-5-9(12)11(15-2)6-8(7)10(14)3-4-13/h5-6H,3-4,13H2,1-2H3. The number of hydrogen-bond acceptors (Lipinski definition) is 3. The summed E-state index contributed by atoms with van der Waals surface area (Å²) < 4.78 is 5.05. The van der Waals surface area contributed by atoms with Crippen LogP contribution in [0.25, 0.3) is 0 Å². The molecule has 0 aromatic heterocycles. The van der Waals surface area contributed by atoms with E-state index in [-0.39, 0.29) is 5.78 Å². The number of nitrogens with two attached hydrogens (primary N) is 1. The van der Waals surface area contributed by atoms with Crippen LogP contribution in [0.1, 0.15) is 22.3 Å². The summed E-state index contributed by atoms with van der Waals surface area (Å²) >= 11 is 5.92. The largest absolute Gasteiger partial charge is 0.495 e. The number of aryl methyl sites for hydroxylation is 1. The Morgan fingerprint density at radius 1 is 1.53 bits per heavy atom. The number of methoxy groups -OCH3 is 1. The first-order valence-electron chi connectivity index (χ1n) is 4.67. The zero-order valence-electron chi connectivity index (χ0n) is 8.84. The van der Waals surface area contributed by atoms with Crippen LogP contribution in [-0.4, -0.2) is 19.4 Å². The molecular formula is C11H14ClNO2. The number of ketones is 1. The molecule has 1 aromatic carbocycles. The van der Waals surface area contributed by atoms with Gasteiger partial charge in [-0.3, -0.25) is 4.79 Å². The van der Waals surface area contributed by atoms with Crippen LogP contribution in [0.3, 0.4) is 0 Å². The molecule has 4 heteroatoms. The first-order chi connectivity index (χ1) is 7.10. The molecule has 0 radical (unpaired) electrons. The Balaban J connectivity index is 3.12. The molecule has 0 heterocycles. The van der Waals surface area contributed by atoms with Crippen LogP contribution in [-0.2, 0) is 0 Å². The average Bonchev–Trinajstić information content (AvgIpc) is 2.18. The zero-order valence-corrected chi connectivity index (χ0v) is 9.60. The lowest BCUT2D eigenvalue weighted by Gasteiger charge is -2.09. The first kappa shape index (κ1) is 12.0. The molecule has 1 aromatic rings. The average molecular weight is 228 g/mol. The number of hydrogen-bond donors (Lipinski definition) is 1. The summed E-state index contributed by atoms with van der Waals surface area (Å²) in [4.78, 5) is 11.7. The van der Waals surface area contributed by atoms with Crippen molar-refractivity contribution in [2.45, 2.75) is 13.3 Å². The normalized spacial score (nSPS) is 10.1. The van der Waals surface area contributed by atoms with Gasteiger partial charge in [0.2, 0.25) is 0 Å². The van der Waals surface area contributed by atoms with Crippen LogP contribution in [0.15, 0.2) is 12.1 Å². The quantitative estimate of drug-likeness (QED) is 0.803. The zero-order chi connectivity index (χ0) is 11.4. The maximum Gasteiger partial charge on any atom is 0.164 e. The highest BCUT2D eigenvalue weighted by Gasteiger charge is 2.12. The molecule has 0 spiro atoms. The number of carbonyl (C=O) groups is 1. The predicted octanol–water partition coefficient (Wildman–Crippen LogP) is 2.19. The summed E-state index contributed by atoms with van der Waals surface area (Å²) in [6.45, 7) is 2.19. The Morgan fingerprint density at radius 3 is 2.73 bits per heavy atom. The van der Waals surface area contributed by atoms with Gasteiger partial charge in [-0.2, -0.15) is 0 Å². The van der Waals surface area contributed by atoms with Crippen LogP contribution in [0, 0.1) is 6.92 Å². The fraction of sp³-hybridized carbons (Fsp3) is 0.364. The summed E-state index contributed by atoms with van der Waals surface area (Å²) in [5.74, 6) is 0.535. The highest BCUT2D eigenvalue weighted by molar-refractivity contribution is 6.32. The predicted molar refractivity (Wildman–Crippen MR) is 60.7 cm³/mol. The van der Waals surface area contributed by atoms with E-state index in [0.717, 1.165) is 5.56 Å². The van der Waals surface area contributed by atoms with Gasteiger partial charge in [-0.1, -0.05) is 11.6 Å². The number of halogens is 1. The van der Waals surface area contributed by atoms with Crippen LogP contribution in [0.5, 0.6) is 5.75 Å². The lowest BCUT2D eigenvalue weighted by molar-refractivity contribution is 0.0984. The van der Waals surface area contributed by atoms with Crippen molar-refractivity contribution in [1.82, 2.24) is 0 Å². The number of ether oxygens (including phenoxy) is 1. The third kappa shape index (κ3) is 2.70. The molecule has 0 atom stereocenters. The number of rotatable bonds is 4. The number of benzene rings is 1. The van der Waals surface area contributed by atoms with Gasteiger partial charge in [0.1, 0.15) is 5.75 Å². The van der Waals surface area contributed by atoms with Gasteiger partial charge in [0, 0.05) is 12.0 Å². The van der Waals surface area contributed by atoms with Gasteiger partial charge in [-0.25, -0.2) is 0 Å². The van der Waals surface area contributed by atoms with Crippen molar-refractivity contribution in [2.24, 2.45) is 5.73 Å².